The number of nitrogens with two attached hydrogens (primary N) is 2. The quantitative estimate of drug-likeness (QED) is 0.342. The first kappa shape index (κ1) is 21.5. The number of aromatic nitrogens is 3. The molecule has 0 saturated heterocycles. The highest BCUT2D eigenvalue weighted by atomic mass is 16.5. The van der Waals surface area contributed by atoms with Crippen molar-refractivity contribution in [3.8, 4) is 17.3 Å². The molecule has 0 spiro atoms. The van der Waals surface area contributed by atoms with Gasteiger partial charge in [0.25, 0.3) is 0 Å². The van der Waals surface area contributed by atoms with Gasteiger partial charge in [0.2, 0.25) is 5.95 Å². The molecule has 31 heavy (non-hydrogen) atoms. The Morgan fingerprint density at radius 3 is 2.61 bits per heavy atom. The van der Waals surface area contributed by atoms with E-state index in [1.54, 1.807) is 38.3 Å². The van der Waals surface area contributed by atoms with Gasteiger partial charge >= 0.3 is 0 Å². The van der Waals surface area contributed by atoms with Gasteiger partial charge in [-0.3, -0.25) is 9.98 Å². The van der Waals surface area contributed by atoms with Crippen LogP contribution >= 0.6 is 0 Å². The fourth-order valence-electron chi connectivity index (χ4n) is 2.95. The fraction of sp³-hybridized carbons (Fsp3) is 0.182. The summed E-state index contributed by atoms with van der Waals surface area (Å²) < 4.78 is 5.12. The van der Waals surface area contributed by atoms with Crippen molar-refractivity contribution in [2.75, 3.05) is 12.8 Å². The van der Waals surface area contributed by atoms with Gasteiger partial charge in [-0.05, 0) is 37.3 Å². The van der Waals surface area contributed by atoms with Crippen molar-refractivity contribution in [3.63, 3.8) is 0 Å². The van der Waals surface area contributed by atoms with Crippen molar-refractivity contribution >= 4 is 17.4 Å². The first-order valence-electron chi connectivity index (χ1n) is 9.42. The Hall–Kier alpha value is -4.16. The van der Waals surface area contributed by atoms with E-state index in [0.717, 1.165) is 17.0 Å². The molecule has 2 heterocycles. The summed E-state index contributed by atoms with van der Waals surface area (Å²) in [6.45, 7) is 2.57. The molecule has 0 bridgehead atoms. The van der Waals surface area contributed by atoms with E-state index in [0.29, 0.717) is 41.5 Å². The number of nitriles is 1. The molecule has 156 valence electrons. The highest BCUT2D eigenvalue weighted by Gasteiger charge is 2.14. The first-order chi connectivity index (χ1) is 15.0. The topological polar surface area (TPSA) is 148 Å². The molecule has 9 nitrogen and oxygen atoms in total. The highest BCUT2D eigenvalue weighted by molar-refractivity contribution is 6.47. The van der Waals surface area contributed by atoms with E-state index in [1.165, 1.54) is 0 Å². The predicted molar refractivity (Wildman–Crippen MR) is 119 cm³/mol. The van der Waals surface area contributed by atoms with Crippen LogP contribution in [-0.2, 0) is 17.9 Å². The maximum Gasteiger partial charge on any atom is 0.221 e. The van der Waals surface area contributed by atoms with E-state index in [-0.39, 0.29) is 5.95 Å². The maximum atomic E-state index is 9.15. The second kappa shape index (κ2) is 10.0. The lowest BCUT2D eigenvalue weighted by Crippen LogP contribution is -2.18. The molecule has 9 heteroatoms. The van der Waals surface area contributed by atoms with Crippen LogP contribution in [0.3, 0.4) is 0 Å². The Labute approximate surface area is 180 Å². The summed E-state index contributed by atoms with van der Waals surface area (Å²) in [5.41, 5.74) is 10.8. The van der Waals surface area contributed by atoms with Crippen molar-refractivity contribution in [1.82, 2.24) is 15.0 Å². The number of anilines is 1. The van der Waals surface area contributed by atoms with E-state index in [1.807, 2.05) is 24.3 Å². The van der Waals surface area contributed by atoms with Gasteiger partial charge in [-0.25, -0.2) is 9.97 Å². The lowest BCUT2D eigenvalue weighted by Gasteiger charge is -2.09. The van der Waals surface area contributed by atoms with Crippen LogP contribution in [0.1, 0.15) is 29.6 Å². The summed E-state index contributed by atoms with van der Waals surface area (Å²) in [6, 6.07) is 16.6. The second-order valence-corrected chi connectivity index (χ2v) is 6.62. The number of methoxy groups -OCH3 is 1. The molecule has 0 fully saturated rings. The van der Waals surface area contributed by atoms with Crippen molar-refractivity contribution < 1.29 is 4.74 Å². The van der Waals surface area contributed by atoms with Gasteiger partial charge in [0.15, 0.2) is 0 Å². The minimum absolute atomic E-state index is 0.0674. The van der Waals surface area contributed by atoms with Gasteiger partial charge in [0.05, 0.1) is 53.3 Å². The number of aliphatic imine (C=N–C) groups is 1. The predicted octanol–water partition coefficient (Wildman–Crippen LogP) is 2.46. The van der Waals surface area contributed by atoms with Crippen LogP contribution in [0.25, 0.3) is 11.3 Å². The van der Waals surface area contributed by atoms with E-state index in [2.05, 4.69) is 31.1 Å². The summed E-state index contributed by atoms with van der Waals surface area (Å²) in [7, 11) is 1.62. The van der Waals surface area contributed by atoms with E-state index >= 15 is 0 Å². The third kappa shape index (κ3) is 5.46. The second-order valence-electron chi connectivity index (χ2n) is 6.62. The number of hydrazone groups is 1. The molecule has 0 amide bonds. The largest absolute Gasteiger partial charge is 0.378 e. The number of ether oxygens (including phenoxy) is 1. The summed E-state index contributed by atoms with van der Waals surface area (Å²) in [4.78, 5) is 17.6. The normalized spacial score (nSPS) is 11.9. The van der Waals surface area contributed by atoms with Crippen LogP contribution in [0.4, 0.5) is 5.95 Å². The monoisotopic (exact) mass is 414 g/mol. The molecule has 0 unspecified atom stereocenters. The van der Waals surface area contributed by atoms with Crippen LogP contribution in [-0.4, -0.2) is 33.5 Å². The smallest absolute Gasteiger partial charge is 0.221 e. The zero-order chi connectivity index (χ0) is 22.2. The van der Waals surface area contributed by atoms with Gasteiger partial charge in [0, 0.05) is 12.7 Å². The maximum absolute atomic E-state index is 9.15. The van der Waals surface area contributed by atoms with Gasteiger partial charge in [0.1, 0.15) is 5.71 Å². The highest BCUT2D eigenvalue weighted by Crippen LogP contribution is 2.20. The van der Waals surface area contributed by atoms with E-state index in [4.69, 9.17) is 21.6 Å². The van der Waals surface area contributed by atoms with Crippen LogP contribution in [0.5, 0.6) is 0 Å². The Morgan fingerprint density at radius 1 is 1.10 bits per heavy atom. The molecule has 0 aliphatic carbocycles. The SMILES string of the molecule is COCc1cccc(CN=C(C)C(=NN)c2cc(-c3cccc(C#N)c3)nc(N)n2)n1. The standard InChI is InChI=1S/C22H22N8O/c1-14(26-12-17-7-4-8-18(27-17)13-31-2)21(30-25)20-10-19(28-22(24)29-20)16-6-3-5-15(9-16)11-23/h3-10H,12-13,25H2,1-2H3,(H2,24,28,29). The number of nitrogens with zero attached hydrogens (tertiary/aromatic N) is 6. The molecule has 0 saturated carbocycles. The summed E-state index contributed by atoms with van der Waals surface area (Å²) >= 11 is 0. The minimum atomic E-state index is 0.0674. The number of hydrogen-bond donors (Lipinski definition) is 2. The van der Waals surface area contributed by atoms with Gasteiger partial charge in [-0.1, -0.05) is 18.2 Å². The fourth-order valence-corrected chi connectivity index (χ4v) is 2.95. The molecule has 0 aliphatic rings. The van der Waals surface area contributed by atoms with Crippen LogP contribution in [0.2, 0.25) is 0 Å². The molecule has 4 N–H and O–H groups in total. The summed E-state index contributed by atoms with van der Waals surface area (Å²) in [6.07, 6.45) is 0. The number of benzene rings is 1. The van der Waals surface area contributed by atoms with Crippen LogP contribution in [0, 0.1) is 11.3 Å². The average molecular weight is 414 g/mol. The van der Waals surface area contributed by atoms with E-state index in [9.17, 15) is 0 Å². The summed E-state index contributed by atoms with van der Waals surface area (Å²) in [5, 5.41) is 13.0. The number of pyridine rings is 1. The molecule has 0 atom stereocenters. The first-order valence-corrected chi connectivity index (χ1v) is 9.42. The molecule has 3 aromatic rings. The Morgan fingerprint density at radius 2 is 1.87 bits per heavy atom. The van der Waals surface area contributed by atoms with Crippen LogP contribution < -0.4 is 11.6 Å². The summed E-state index contributed by atoms with van der Waals surface area (Å²) in [5.74, 6) is 5.72. The minimum Gasteiger partial charge on any atom is -0.378 e. The Balaban J connectivity index is 1.89. The molecular formula is C22H22N8O. The lowest BCUT2D eigenvalue weighted by atomic mass is 10.1. The van der Waals surface area contributed by atoms with Crippen molar-refractivity contribution in [2.24, 2.45) is 15.9 Å². The Kier molecular flexibility index (Phi) is 6.98. The van der Waals surface area contributed by atoms with Gasteiger partial charge in [-0.2, -0.15) is 10.4 Å². The number of nitrogen functional groups attached to an aromatic ring is 1. The van der Waals surface area contributed by atoms with Gasteiger partial charge in [-0.15, -0.1) is 0 Å². The molecule has 0 radical (unpaired) electrons. The molecule has 1 aromatic carbocycles. The zero-order valence-corrected chi connectivity index (χ0v) is 17.3. The van der Waals surface area contributed by atoms with Crippen molar-refractivity contribution in [3.05, 3.63) is 71.2 Å². The molecule has 0 aliphatic heterocycles. The third-order valence-electron chi connectivity index (χ3n) is 4.38. The third-order valence-corrected chi connectivity index (χ3v) is 4.38. The molecule has 2 aromatic heterocycles. The average Bonchev–Trinajstić information content (AvgIpc) is 2.78. The van der Waals surface area contributed by atoms with Crippen molar-refractivity contribution in [1.29, 1.82) is 5.26 Å². The number of hydrogen-bond acceptors (Lipinski definition) is 9. The van der Waals surface area contributed by atoms with E-state index < -0.39 is 0 Å². The molecular weight excluding hydrogens is 392 g/mol. The lowest BCUT2D eigenvalue weighted by molar-refractivity contribution is 0.181. The van der Waals surface area contributed by atoms with Crippen LogP contribution in [0.15, 0.2) is 58.6 Å². The Bertz CT molecular complexity index is 1180. The van der Waals surface area contributed by atoms with Gasteiger partial charge < -0.3 is 16.3 Å². The zero-order valence-electron chi connectivity index (χ0n) is 17.3. The molecule has 3 rings (SSSR count). The van der Waals surface area contributed by atoms with Crippen molar-refractivity contribution in [2.45, 2.75) is 20.1 Å². The number of rotatable bonds is 7.